The van der Waals surface area contributed by atoms with E-state index in [1.165, 1.54) is 33.2 Å². The van der Waals surface area contributed by atoms with Gasteiger partial charge in [0.2, 0.25) is 11.8 Å². The fourth-order valence-corrected chi connectivity index (χ4v) is 4.67. The van der Waals surface area contributed by atoms with Gasteiger partial charge in [0.25, 0.3) is 0 Å². The van der Waals surface area contributed by atoms with E-state index in [1.807, 2.05) is 23.1 Å². The second-order valence-corrected chi connectivity index (χ2v) is 8.20. The van der Waals surface area contributed by atoms with Crippen molar-refractivity contribution < 1.29 is 24.0 Å². The normalized spacial score (nSPS) is 20.2. The molecule has 2 aliphatic rings. The van der Waals surface area contributed by atoms with E-state index < -0.39 is 12.0 Å². The molecule has 0 bridgehead atoms. The predicted octanol–water partition coefficient (Wildman–Crippen LogP) is 0.282. The third kappa shape index (κ3) is 5.39. The molecule has 0 aliphatic carbocycles. The number of hydrogen-bond acceptors (Lipinski definition) is 5. The summed E-state index contributed by atoms with van der Waals surface area (Å²) in [6, 6.07) is 9.72. The minimum absolute atomic E-state index is 0.0747. The molecule has 2 amide bonds. The predicted molar refractivity (Wildman–Crippen MR) is 111 cm³/mol. The van der Waals surface area contributed by atoms with Gasteiger partial charge in [-0.25, -0.2) is 4.79 Å². The molecule has 0 saturated carbocycles. The maximum atomic E-state index is 13.0. The van der Waals surface area contributed by atoms with Gasteiger partial charge in [-0.3, -0.25) is 14.5 Å². The Morgan fingerprint density at radius 3 is 2.59 bits per heavy atom. The highest BCUT2D eigenvalue weighted by atomic mass is 32.2. The maximum absolute atomic E-state index is 13.0. The summed E-state index contributed by atoms with van der Waals surface area (Å²) < 4.78 is 4.94. The Bertz CT molecular complexity index is 775. The van der Waals surface area contributed by atoms with Crippen molar-refractivity contribution >= 4 is 29.5 Å². The Morgan fingerprint density at radius 2 is 1.93 bits per heavy atom. The number of carbonyl (C=O) groups is 3. The fraction of sp³-hybridized carbons (Fsp3) is 0.476. The van der Waals surface area contributed by atoms with Crippen LogP contribution < -0.4 is 4.90 Å². The first-order chi connectivity index (χ1) is 14.0. The maximum Gasteiger partial charge on any atom is 0.333 e. The van der Waals surface area contributed by atoms with Gasteiger partial charge in [-0.15, -0.1) is 0 Å². The van der Waals surface area contributed by atoms with Crippen molar-refractivity contribution in [2.45, 2.75) is 26.4 Å². The number of ether oxygens (including phenoxy) is 1. The number of amides is 2. The SMILES string of the molecule is CCOC(=O)/C=C1\SCC(=O)N1[C@@H](C)C(=O)N1CC[NH+](Cc2ccccc2)CC1. The summed E-state index contributed by atoms with van der Waals surface area (Å²) in [7, 11) is 0. The number of nitrogens with one attached hydrogen (secondary N) is 1. The van der Waals surface area contributed by atoms with Crippen LogP contribution >= 0.6 is 11.8 Å². The standard InChI is InChI=1S/C21H27N3O4S/c1-3-28-20(26)13-19-24(18(25)15-29-19)16(2)21(27)23-11-9-22(10-12-23)14-17-7-5-4-6-8-17/h4-8,13,16H,3,9-12,14-15H2,1-2H3/p+1/b19-13-/t16-/m0/s1. The van der Waals surface area contributed by atoms with Gasteiger partial charge in [0.1, 0.15) is 12.6 Å². The van der Waals surface area contributed by atoms with E-state index in [-0.39, 0.29) is 24.2 Å². The number of hydrogen-bond donors (Lipinski definition) is 1. The molecule has 1 atom stereocenters. The summed E-state index contributed by atoms with van der Waals surface area (Å²) in [5.74, 6) is -0.487. The first-order valence-electron chi connectivity index (χ1n) is 9.99. The van der Waals surface area contributed by atoms with Crippen LogP contribution in [-0.2, 0) is 25.7 Å². The van der Waals surface area contributed by atoms with E-state index in [0.717, 1.165) is 19.6 Å². The second-order valence-electron chi connectivity index (χ2n) is 7.20. The van der Waals surface area contributed by atoms with Gasteiger partial charge >= 0.3 is 5.97 Å². The molecule has 8 heteroatoms. The van der Waals surface area contributed by atoms with Crippen LogP contribution in [0.3, 0.4) is 0 Å². The lowest BCUT2D eigenvalue weighted by Crippen LogP contribution is -3.13. The highest BCUT2D eigenvalue weighted by molar-refractivity contribution is 8.04. The third-order valence-electron chi connectivity index (χ3n) is 5.20. The lowest BCUT2D eigenvalue weighted by molar-refractivity contribution is -0.917. The number of esters is 1. The molecular weight excluding hydrogens is 390 g/mol. The number of carbonyl (C=O) groups excluding carboxylic acids is 3. The summed E-state index contributed by atoms with van der Waals surface area (Å²) in [6.45, 7) is 7.76. The molecule has 156 valence electrons. The zero-order valence-corrected chi connectivity index (χ0v) is 17.7. The molecule has 1 N–H and O–H groups in total. The number of thioether (sulfide) groups is 1. The Balaban J connectivity index is 1.58. The van der Waals surface area contributed by atoms with Crippen LogP contribution in [0.25, 0.3) is 0 Å². The van der Waals surface area contributed by atoms with Gasteiger partial charge in [-0.05, 0) is 13.8 Å². The first kappa shape index (κ1) is 21.4. The van der Waals surface area contributed by atoms with E-state index >= 15 is 0 Å². The molecule has 2 aliphatic heterocycles. The molecule has 3 rings (SSSR count). The van der Waals surface area contributed by atoms with Crippen LogP contribution in [0.1, 0.15) is 19.4 Å². The largest absolute Gasteiger partial charge is 0.463 e. The number of piperazine rings is 1. The van der Waals surface area contributed by atoms with Gasteiger partial charge < -0.3 is 14.5 Å². The molecule has 2 fully saturated rings. The quantitative estimate of drug-likeness (QED) is 0.531. The van der Waals surface area contributed by atoms with Gasteiger partial charge in [0.15, 0.2) is 0 Å². The van der Waals surface area contributed by atoms with Gasteiger partial charge in [-0.2, -0.15) is 0 Å². The fourth-order valence-electron chi connectivity index (χ4n) is 3.68. The number of nitrogens with zero attached hydrogens (tertiary/aromatic N) is 2. The third-order valence-corrected chi connectivity index (χ3v) is 6.20. The highest BCUT2D eigenvalue weighted by Crippen LogP contribution is 2.31. The lowest BCUT2D eigenvalue weighted by atomic mass is 10.2. The summed E-state index contributed by atoms with van der Waals surface area (Å²) in [4.78, 5) is 41.9. The van der Waals surface area contributed by atoms with Crippen molar-refractivity contribution in [3.63, 3.8) is 0 Å². The molecule has 0 radical (unpaired) electrons. The number of benzene rings is 1. The smallest absolute Gasteiger partial charge is 0.333 e. The van der Waals surface area contributed by atoms with E-state index in [0.29, 0.717) is 18.1 Å². The molecule has 2 heterocycles. The minimum Gasteiger partial charge on any atom is -0.463 e. The number of quaternary nitrogens is 1. The minimum atomic E-state index is -0.631. The van der Waals surface area contributed by atoms with Crippen LogP contribution in [0.5, 0.6) is 0 Å². The summed E-state index contributed by atoms with van der Waals surface area (Å²) in [5, 5.41) is 0.489. The van der Waals surface area contributed by atoms with Gasteiger partial charge in [0, 0.05) is 5.56 Å². The first-order valence-corrected chi connectivity index (χ1v) is 11.0. The van der Waals surface area contributed by atoms with Crippen LogP contribution in [0, 0.1) is 0 Å². The highest BCUT2D eigenvalue weighted by Gasteiger charge is 2.37. The molecule has 2 saturated heterocycles. The van der Waals surface area contributed by atoms with Crippen molar-refractivity contribution in [2.24, 2.45) is 0 Å². The monoisotopic (exact) mass is 418 g/mol. The molecular formula is C21H28N3O4S+. The van der Waals surface area contributed by atoms with Crippen molar-refractivity contribution in [1.82, 2.24) is 9.80 Å². The van der Waals surface area contributed by atoms with E-state index in [2.05, 4.69) is 12.1 Å². The van der Waals surface area contributed by atoms with Crippen LogP contribution in [0.2, 0.25) is 0 Å². The van der Waals surface area contributed by atoms with Crippen molar-refractivity contribution in [2.75, 3.05) is 38.5 Å². The number of rotatable bonds is 6. The Hall–Kier alpha value is -2.32. The second kappa shape index (κ2) is 9.93. The van der Waals surface area contributed by atoms with E-state index in [1.54, 1.807) is 13.8 Å². The molecule has 7 nitrogen and oxygen atoms in total. The Morgan fingerprint density at radius 1 is 1.24 bits per heavy atom. The van der Waals surface area contributed by atoms with E-state index in [4.69, 9.17) is 4.74 Å². The zero-order valence-electron chi connectivity index (χ0n) is 16.9. The van der Waals surface area contributed by atoms with Crippen LogP contribution in [0.4, 0.5) is 0 Å². The van der Waals surface area contributed by atoms with Crippen LogP contribution in [-0.4, -0.2) is 72.2 Å². The molecule has 0 spiro atoms. The van der Waals surface area contributed by atoms with Crippen molar-refractivity contribution in [3.05, 3.63) is 47.0 Å². The molecule has 29 heavy (non-hydrogen) atoms. The van der Waals surface area contributed by atoms with Crippen molar-refractivity contribution in [3.8, 4) is 0 Å². The van der Waals surface area contributed by atoms with Gasteiger partial charge in [-0.1, -0.05) is 42.1 Å². The lowest BCUT2D eigenvalue weighted by Gasteiger charge is -2.35. The van der Waals surface area contributed by atoms with Crippen LogP contribution in [0.15, 0.2) is 41.4 Å². The summed E-state index contributed by atoms with van der Waals surface area (Å²) in [6.07, 6.45) is 1.31. The van der Waals surface area contributed by atoms with Gasteiger partial charge in [0.05, 0.1) is 49.6 Å². The summed E-state index contributed by atoms with van der Waals surface area (Å²) in [5.41, 5.74) is 1.30. The topological polar surface area (TPSA) is 71.4 Å². The molecule has 1 aromatic rings. The summed E-state index contributed by atoms with van der Waals surface area (Å²) >= 11 is 1.27. The average Bonchev–Trinajstić information content (AvgIpc) is 3.08. The Kier molecular flexibility index (Phi) is 7.33. The molecule has 0 unspecified atom stereocenters. The van der Waals surface area contributed by atoms with Crippen molar-refractivity contribution in [1.29, 1.82) is 0 Å². The molecule has 0 aromatic heterocycles. The Labute approximate surface area is 175 Å². The molecule has 1 aromatic carbocycles. The average molecular weight is 419 g/mol. The zero-order chi connectivity index (χ0) is 20.8. The van der Waals surface area contributed by atoms with E-state index in [9.17, 15) is 14.4 Å².